The number of carbonyl (C=O) groups is 1. The second-order valence-corrected chi connectivity index (χ2v) is 3.47. The van der Waals surface area contributed by atoms with E-state index in [1.54, 1.807) is 0 Å². The van der Waals surface area contributed by atoms with Gasteiger partial charge in [-0.1, -0.05) is 0 Å². The van der Waals surface area contributed by atoms with Gasteiger partial charge in [0.1, 0.15) is 0 Å². The molecule has 70 valence electrons. The fourth-order valence-corrected chi connectivity index (χ4v) is 1.39. The second-order valence-electron chi connectivity index (χ2n) is 3.47. The van der Waals surface area contributed by atoms with Gasteiger partial charge in [0.15, 0.2) is 0 Å². The van der Waals surface area contributed by atoms with E-state index >= 15 is 0 Å². The Morgan fingerprint density at radius 1 is 1.58 bits per heavy atom. The fraction of sp³-hybridized carbons (Fsp3) is 0.875. The predicted octanol–water partition coefficient (Wildman–Crippen LogP) is -0.634. The SMILES string of the molecule is NC1(CC(=O)NCCO)CCC1. The third-order valence-corrected chi connectivity index (χ3v) is 2.30. The quantitative estimate of drug-likeness (QED) is 0.528. The number of hydrogen-bond acceptors (Lipinski definition) is 3. The molecule has 0 aromatic heterocycles. The summed E-state index contributed by atoms with van der Waals surface area (Å²) in [6, 6.07) is 0. The number of aliphatic hydroxyl groups is 1. The molecule has 4 nitrogen and oxygen atoms in total. The summed E-state index contributed by atoms with van der Waals surface area (Å²) in [7, 11) is 0. The summed E-state index contributed by atoms with van der Waals surface area (Å²) in [6.07, 6.45) is 3.41. The van der Waals surface area contributed by atoms with Crippen LogP contribution in [0.5, 0.6) is 0 Å². The van der Waals surface area contributed by atoms with Crippen LogP contribution in [0.25, 0.3) is 0 Å². The molecule has 4 heteroatoms. The molecule has 0 aliphatic heterocycles. The first-order valence-corrected chi connectivity index (χ1v) is 4.33. The van der Waals surface area contributed by atoms with Gasteiger partial charge >= 0.3 is 0 Å². The normalized spacial score (nSPS) is 19.8. The molecule has 0 heterocycles. The zero-order chi connectivity index (χ0) is 9.03. The summed E-state index contributed by atoms with van der Waals surface area (Å²) in [5.74, 6) is -0.0498. The Morgan fingerprint density at radius 2 is 2.25 bits per heavy atom. The van der Waals surface area contributed by atoms with E-state index < -0.39 is 0 Å². The van der Waals surface area contributed by atoms with E-state index in [-0.39, 0.29) is 18.1 Å². The Morgan fingerprint density at radius 3 is 2.67 bits per heavy atom. The van der Waals surface area contributed by atoms with Crippen LogP contribution >= 0.6 is 0 Å². The van der Waals surface area contributed by atoms with Crippen molar-refractivity contribution in [3.63, 3.8) is 0 Å². The van der Waals surface area contributed by atoms with Gasteiger partial charge in [0, 0.05) is 18.5 Å². The Kier molecular flexibility index (Phi) is 3.05. The number of hydrogen-bond donors (Lipinski definition) is 3. The van der Waals surface area contributed by atoms with Gasteiger partial charge in [-0.3, -0.25) is 4.79 Å². The first-order chi connectivity index (χ1) is 5.66. The summed E-state index contributed by atoms with van der Waals surface area (Å²) >= 11 is 0. The third kappa shape index (κ3) is 2.46. The summed E-state index contributed by atoms with van der Waals surface area (Å²) in [5, 5.41) is 11.0. The molecule has 1 fully saturated rings. The summed E-state index contributed by atoms with van der Waals surface area (Å²) in [6.45, 7) is 0.318. The van der Waals surface area contributed by atoms with Crippen LogP contribution in [0.3, 0.4) is 0 Å². The molecule has 12 heavy (non-hydrogen) atoms. The molecule has 0 bridgehead atoms. The molecule has 0 spiro atoms. The van der Waals surface area contributed by atoms with Gasteiger partial charge in [0.25, 0.3) is 0 Å². The minimum atomic E-state index is -0.250. The average Bonchev–Trinajstić information content (AvgIpc) is 1.98. The van der Waals surface area contributed by atoms with Crippen LogP contribution in [0.4, 0.5) is 0 Å². The van der Waals surface area contributed by atoms with Crippen molar-refractivity contribution in [1.29, 1.82) is 0 Å². The molecule has 0 aromatic carbocycles. The summed E-state index contributed by atoms with van der Waals surface area (Å²) < 4.78 is 0. The first-order valence-electron chi connectivity index (χ1n) is 4.33. The Bertz CT molecular complexity index is 166. The number of carbonyl (C=O) groups excluding carboxylic acids is 1. The topological polar surface area (TPSA) is 75.4 Å². The van der Waals surface area contributed by atoms with Gasteiger partial charge in [-0.2, -0.15) is 0 Å². The number of amides is 1. The summed E-state index contributed by atoms with van der Waals surface area (Å²) in [4.78, 5) is 11.1. The van der Waals surface area contributed by atoms with E-state index in [1.165, 1.54) is 0 Å². The molecule has 1 rings (SSSR count). The van der Waals surface area contributed by atoms with Gasteiger partial charge < -0.3 is 16.2 Å². The number of rotatable bonds is 4. The van der Waals surface area contributed by atoms with Crippen molar-refractivity contribution < 1.29 is 9.90 Å². The zero-order valence-electron chi connectivity index (χ0n) is 7.18. The van der Waals surface area contributed by atoms with Crippen molar-refractivity contribution in [3.05, 3.63) is 0 Å². The molecule has 0 aromatic rings. The van der Waals surface area contributed by atoms with Gasteiger partial charge in [-0.15, -0.1) is 0 Å². The summed E-state index contributed by atoms with van der Waals surface area (Å²) in [5.41, 5.74) is 5.60. The monoisotopic (exact) mass is 172 g/mol. The molecule has 0 saturated heterocycles. The molecular weight excluding hydrogens is 156 g/mol. The molecule has 0 atom stereocenters. The Balaban J connectivity index is 2.16. The van der Waals surface area contributed by atoms with Gasteiger partial charge in [-0.25, -0.2) is 0 Å². The molecule has 1 aliphatic carbocycles. The zero-order valence-corrected chi connectivity index (χ0v) is 7.18. The highest BCUT2D eigenvalue weighted by Gasteiger charge is 2.34. The number of nitrogens with two attached hydrogens (primary N) is 1. The molecule has 1 amide bonds. The second kappa shape index (κ2) is 3.87. The van der Waals surface area contributed by atoms with Crippen molar-refractivity contribution in [2.75, 3.05) is 13.2 Å². The van der Waals surface area contributed by atoms with Crippen LogP contribution in [0, 0.1) is 0 Å². The van der Waals surface area contributed by atoms with Gasteiger partial charge in [-0.05, 0) is 19.3 Å². The lowest BCUT2D eigenvalue weighted by Crippen LogP contribution is -2.50. The highest BCUT2D eigenvalue weighted by atomic mass is 16.3. The average molecular weight is 172 g/mol. The maximum Gasteiger partial charge on any atom is 0.221 e. The molecular formula is C8H16N2O2. The maximum atomic E-state index is 11.1. The third-order valence-electron chi connectivity index (χ3n) is 2.30. The van der Waals surface area contributed by atoms with Crippen molar-refractivity contribution in [2.24, 2.45) is 5.73 Å². The van der Waals surface area contributed by atoms with Crippen LogP contribution in [0.1, 0.15) is 25.7 Å². The van der Waals surface area contributed by atoms with E-state index in [0.717, 1.165) is 19.3 Å². The highest BCUT2D eigenvalue weighted by Crippen LogP contribution is 2.31. The van der Waals surface area contributed by atoms with Crippen LogP contribution in [0.2, 0.25) is 0 Å². The molecule has 0 unspecified atom stereocenters. The van der Waals surface area contributed by atoms with Crippen molar-refractivity contribution in [3.8, 4) is 0 Å². The minimum absolute atomic E-state index is 0.0106. The standard InChI is InChI=1S/C8H16N2O2/c9-8(2-1-3-8)6-7(12)10-4-5-11/h11H,1-6,9H2,(H,10,12). The van der Waals surface area contributed by atoms with Crippen LogP contribution in [0.15, 0.2) is 0 Å². The lowest BCUT2D eigenvalue weighted by atomic mass is 9.75. The minimum Gasteiger partial charge on any atom is -0.395 e. The molecule has 1 saturated carbocycles. The van der Waals surface area contributed by atoms with Crippen molar-refractivity contribution in [1.82, 2.24) is 5.32 Å². The van der Waals surface area contributed by atoms with Crippen LogP contribution < -0.4 is 11.1 Å². The van der Waals surface area contributed by atoms with Crippen molar-refractivity contribution in [2.45, 2.75) is 31.2 Å². The van der Waals surface area contributed by atoms with Crippen LogP contribution in [-0.4, -0.2) is 29.7 Å². The maximum absolute atomic E-state index is 11.1. The van der Waals surface area contributed by atoms with Crippen molar-refractivity contribution >= 4 is 5.91 Å². The largest absolute Gasteiger partial charge is 0.395 e. The first kappa shape index (κ1) is 9.48. The lowest BCUT2D eigenvalue weighted by molar-refractivity contribution is -0.123. The number of aliphatic hydroxyl groups excluding tert-OH is 1. The lowest BCUT2D eigenvalue weighted by Gasteiger charge is -2.37. The molecule has 1 aliphatic rings. The Hall–Kier alpha value is -0.610. The van der Waals surface area contributed by atoms with E-state index in [9.17, 15) is 4.79 Å². The highest BCUT2D eigenvalue weighted by molar-refractivity contribution is 5.77. The van der Waals surface area contributed by atoms with Gasteiger partial charge in [0.05, 0.1) is 6.61 Å². The van der Waals surface area contributed by atoms with E-state index in [4.69, 9.17) is 10.8 Å². The van der Waals surface area contributed by atoms with E-state index in [1.807, 2.05) is 0 Å². The van der Waals surface area contributed by atoms with E-state index in [2.05, 4.69) is 5.32 Å². The fourth-order valence-electron chi connectivity index (χ4n) is 1.39. The van der Waals surface area contributed by atoms with E-state index in [0.29, 0.717) is 13.0 Å². The predicted molar refractivity (Wildman–Crippen MR) is 45.5 cm³/mol. The van der Waals surface area contributed by atoms with Crippen LogP contribution in [-0.2, 0) is 4.79 Å². The Labute approximate surface area is 72.1 Å². The number of nitrogens with one attached hydrogen (secondary N) is 1. The molecule has 4 N–H and O–H groups in total. The smallest absolute Gasteiger partial charge is 0.221 e. The molecule has 0 radical (unpaired) electrons. The van der Waals surface area contributed by atoms with Gasteiger partial charge in [0.2, 0.25) is 5.91 Å².